The van der Waals surface area contributed by atoms with Gasteiger partial charge in [-0.1, -0.05) is 0 Å². The third-order valence-corrected chi connectivity index (χ3v) is 6.38. The number of fused-ring (bicyclic) bond motifs is 1. The summed E-state index contributed by atoms with van der Waals surface area (Å²) < 4.78 is 60.4. The van der Waals surface area contributed by atoms with E-state index in [1.165, 1.54) is 19.3 Å². The summed E-state index contributed by atoms with van der Waals surface area (Å²) in [6, 6.07) is 0. The quantitative estimate of drug-likeness (QED) is 0.629. The van der Waals surface area contributed by atoms with Gasteiger partial charge in [0.15, 0.2) is 0 Å². The molecule has 0 saturated heterocycles. The number of ether oxygens (including phenoxy) is 1. The van der Waals surface area contributed by atoms with E-state index >= 15 is 0 Å². The second-order valence-corrected chi connectivity index (χ2v) is 8.59. The zero-order chi connectivity index (χ0) is 16.1. The van der Waals surface area contributed by atoms with Crippen LogP contribution >= 0.6 is 0 Å². The van der Waals surface area contributed by atoms with Crippen molar-refractivity contribution in [3.63, 3.8) is 0 Å². The summed E-state index contributed by atoms with van der Waals surface area (Å²) in [5.74, 6) is 0.149. The molecule has 0 aromatic heterocycles. The van der Waals surface area contributed by atoms with Crippen LogP contribution in [0.25, 0.3) is 0 Å². The topological polar surface area (TPSA) is 80.7 Å². The van der Waals surface area contributed by atoms with E-state index in [-0.39, 0.29) is 12.5 Å². The minimum Gasteiger partial charge on any atom is -0.460 e. The molecule has 8 heteroatoms. The molecule has 1 N–H and O–H groups in total. The lowest BCUT2D eigenvalue weighted by Gasteiger charge is -2.38. The largest absolute Gasteiger partial charge is 0.465 e. The Bertz CT molecular complexity index is 548. The second kappa shape index (κ2) is 5.40. The Balaban J connectivity index is 1.63. The first-order chi connectivity index (χ1) is 10.2. The van der Waals surface area contributed by atoms with Crippen molar-refractivity contribution in [1.29, 1.82) is 0 Å². The van der Waals surface area contributed by atoms with Crippen LogP contribution in [0.5, 0.6) is 0 Å². The van der Waals surface area contributed by atoms with Crippen LogP contribution in [0.15, 0.2) is 0 Å². The molecule has 5 nitrogen and oxygen atoms in total. The highest BCUT2D eigenvalue weighted by Gasteiger charge is 2.54. The first-order valence-corrected chi connectivity index (χ1v) is 9.13. The van der Waals surface area contributed by atoms with Crippen LogP contribution < -0.4 is 0 Å². The zero-order valence-corrected chi connectivity index (χ0v) is 12.9. The average molecular weight is 338 g/mol. The molecular weight excluding hydrogens is 318 g/mol. The molecule has 0 aliphatic heterocycles. The van der Waals surface area contributed by atoms with E-state index in [1.807, 2.05) is 0 Å². The van der Waals surface area contributed by atoms with Gasteiger partial charge in [-0.2, -0.15) is 17.2 Å². The lowest BCUT2D eigenvalue weighted by molar-refractivity contribution is -0.163. The third-order valence-electron chi connectivity index (χ3n) is 5.57. The van der Waals surface area contributed by atoms with Crippen molar-refractivity contribution in [2.75, 3.05) is 6.61 Å². The molecule has 0 spiro atoms. The summed E-state index contributed by atoms with van der Waals surface area (Å²) in [5, 5.41) is -4.89. The van der Waals surface area contributed by atoms with Gasteiger partial charge in [-0.15, -0.1) is 0 Å². The maximum Gasteiger partial charge on any atom is 0.465 e. The molecule has 0 heterocycles. The summed E-state index contributed by atoms with van der Waals surface area (Å²) in [5.41, 5.74) is 0. The van der Waals surface area contributed by atoms with Gasteiger partial charge >= 0.3 is 21.3 Å². The number of alkyl halides is 2. The number of carbonyl (C=O) groups excluding carboxylic acids is 1. The molecule has 4 bridgehead atoms. The van der Waals surface area contributed by atoms with Crippen LogP contribution in [0.2, 0.25) is 0 Å². The molecular formula is C14H20F2O5S. The summed E-state index contributed by atoms with van der Waals surface area (Å²) in [6.45, 7) is -0.190. The van der Waals surface area contributed by atoms with Crippen LogP contribution in [-0.2, 0) is 19.6 Å². The molecule has 4 fully saturated rings. The van der Waals surface area contributed by atoms with E-state index in [0.29, 0.717) is 23.7 Å². The lowest BCUT2D eigenvalue weighted by Crippen LogP contribution is -2.40. The molecule has 4 rings (SSSR count). The Hall–Kier alpha value is -0.760. The highest BCUT2D eigenvalue weighted by Crippen LogP contribution is 2.53. The molecule has 0 radical (unpaired) electrons. The minimum atomic E-state index is -5.79. The van der Waals surface area contributed by atoms with Crippen LogP contribution in [0.3, 0.4) is 0 Å². The predicted octanol–water partition coefficient (Wildman–Crippen LogP) is 2.47. The van der Waals surface area contributed by atoms with Crippen molar-refractivity contribution in [2.45, 2.75) is 43.8 Å². The van der Waals surface area contributed by atoms with Gasteiger partial charge in [0.1, 0.15) is 0 Å². The van der Waals surface area contributed by atoms with E-state index in [0.717, 1.165) is 19.3 Å². The maximum atomic E-state index is 13.2. The van der Waals surface area contributed by atoms with Crippen LogP contribution in [0.4, 0.5) is 8.78 Å². The fourth-order valence-corrected chi connectivity index (χ4v) is 5.08. The molecule has 126 valence electrons. The number of halogens is 2. The minimum absolute atomic E-state index is 0.0152. The molecule has 22 heavy (non-hydrogen) atoms. The van der Waals surface area contributed by atoms with E-state index in [1.54, 1.807) is 0 Å². The molecule has 4 saturated carbocycles. The lowest BCUT2D eigenvalue weighted by atomic mass is 9.67. The van der Waals surface area contributed by atoms with E-state index in [2.05, 4.69) is 4.74 Å². The fourth-order valence-electron chi connectivity index (χ4n) is 4.81. The monoisotopic (exact) mass is 338 g/mol. The van der Waals surface area contributed by atoms with Crippen LogP contribution in [0.1, 0.15) is 38.5 Å². The molecule has 4 aliphatic carbocycles. The van der Waals surface area contributed by atoms with E-state index < -0.39 is 21.3 Å². The van der Waals surface area contributed by atoms with Gasteiger partial charge in [-0.3, -0.25) is 4.55 Å². The summed E-state index contributed by atoms with van der Waals surface area (Å²) in [6.07, 6.45) is 6.52. The molecule has 2 unspecified atom stereocenters. The van der Waals surface area contributed by atoms with Crippen molar-refractivity contribution in [2.24, 2.45) is 29.6 Å². The average Bonchev–Trinajstić information content (AvgIpc) is 2.58. The zero-order valence-electron chi connectivity index (χ0n) is 12.1. The van der Waals surface area contributed by atoms with Crippen molar-refractivity contribution in [3.8, 4) is 0 Å². The summed E-state index contributed by atoms with van der Waals surface area (Å²) >= 11 is 0. The first kappa shape index (κ1) is 16.1. The van der Waals surface area contributed by atoms with Crippen LogP contribution in [-0.4, -0.2) is 30.8 Å². The Morgan fingerprint density at radius 3 is 2.05 bits per heavy atom. The van der Waals surface area contributed by atoms with Crippen molar-refractivity contribution >= 4 is 16.1 Å². The number of rotatable bonds is 4. The van der Waals surface area contributed by atoms with E-state index in [9.17, 15) is 22.0 Å². The first-order valence-electron chi connectivity index (χ1n) is 7.69. The Morgan fingerprint density at radius 1 is 1.05 bits per heavy atom. The van der Waals surface area contributed by atoms with Gasteiger partial charge in [0.2, 0.25) is 0 Å². The van der Waals surface area contributed by atoms with Crippen molar-refractivity contribution < 1.29 is 31.3 Å². The highest BCUT2D eigenvalue weighted by molar-refractivity contribution is 7.87. The smallest absolute Gasteiger partial charge is 0.460 e. The number of esters is 1. The number of carbonyl (C=O) groups is 1. The van der Waals surface area contributed by atoms with Crippen LogP contribution in [0, 0.1) is 29.6 Å². The molecule has 3 atom stereocenters. The van der Waals surface area contributed by atoms with Gasteiger partial charge in [0.05, 0.1) is 6.61 Å². The number of hydrogen-bond acceptors (Lipinski definition) is 4. The third kappa shape index (κ3) is 2.87. The fraction of sp³-hybridized carbons (Fsp3) is 0.929. The van der Waals surface area contributed by atoms with Gasteiger partial charge in [0.25, 0.3) is 0 Å². The van der Waals surface area contributed by atoms with Gasteiger partial charge < -0.3 is 4.74 Å². The molecule has 0 aromatic rings. The predicted molar refractivity (Wildman–Crippen MR) is 72.6 cm³/mol. The summed E-state index contributed by atoms with van der Waals surface area (Å²) in [7, 11) is -5.79. The Kier molecular flexibility index (Phi) is 3.96. The van der Waals surface area contributed by atoms with E-state index in [4.69, 9.17) is 4.55 Å². The summed E-state index contributed by atoms with van der Waals surface area (Å²) in [4.78, 5) is 11.3. The highest BCUT2D eigenvalue weighted by atomic mass is 32.2. The molecule has 0 amide bonds. The standard InChI is InChI=1S/C14H20F2O5S/c15-14(16,22(18,19)20)13(17)21-7-12-6-10-2-8-1-9(3-10)5-11(12)4-8/h8-12H,1-7H2,(H,18,19,20)/t8?,9?,10?,11?,12-/m0/s1. The van der Waals surface area contributed by atoms with Gasteiger partial charge in [-0.25, -0.2) is 4.79 Å². The molecule has 0 aromatic carbocycles. The van der Waals surface area contributed by atoms with Crippen molar-refractivity contribution in [1.82, 2.24) is 0 Å². The van der Waals surface area contributed by atoms with Crippen molar-refractivity contribution in [3.05, 3.63) is 0 Å². The second-order valence-electron chi connectivity index (χ2n) is 7.12. The Labute approximate surface area is 128 Å². The maximum absolute atomic E-state index is 13.2. The van der Waals surface area contributed by atoms with Gasteiger partial charge in [0, 0.05) is 0 Å². The normalized spacial score (nSPS) is 37.9. The number of hydrogen-bond donors (Lipinski definition) is 1. The molecule has 4 aliphatic rings. The Morgan fingerprint density at radius 2 is 1.55 bits per heavy atom. The SMILES string of the molecule is O=C(OC[C@@H]1CC2CC3CC(C2)CC1C3)C(F)(F)S(=O)(=O)O. The van der Waals surface area contributed by atoms with Gasteiger partial charge in [-0.05, 0) is 68.1 Å².